The fourth-order valence-electron chi connectivity index (χ4n) is 1.70. The SMILES string of the molecule is Cc1cc(NCC(C)(C)c2cccs2)ncc1Br. The summed E-state index contributed by atoms with van der Waals surface area (Å²) in [5.74, 6) is 0.931. The minimum atomic E-state index is 0.122. The van der Waals surface area contributed by atoms with Crippen LogP contribution in [0.4, 0.5) is 5.82 Å². The molecule has 0 amide bonds. The molecule has 0 aliphatic carbocycles. The van der Waals surface area contributed by atoms with Gasteiger partial charge in [0, 0.05) is 27.5 Å². The zero-order valence-corrected chi connectivity index (χ0v) is 13.2. The van der Waals surface area contributed by atoms with E-state index in [1.54, 1.807) is 11.3 Å². The van der Waals surface area contributed by atoms with Gasteiger partial charge in [-0.25, -0.2) is 4.98 Å². The van der Waals surface area contributed by atoms with Crippen LogP contribution in [0.15, 0.2) is 34.2 Å². The van der Waals surface area contributed by atoms with E-state index in [-0.39, 0.29) is 5.41 Å². The topological polar surface area (TPSA) is 24.9 Å². The van der Waals surface area contributed by atoms with E-state index in [9.17, 15) is 0 Å². The van der Waals surface area contributed by atoms with Gasteiger partial charge in [0.15, 0.2) is 0 Å². The van der Waals surface area contributed by atoms with E-state index in [1.165, 1.54) is 10.4 Å². The molecule has 96 valence electrons. The first-order chi connectivity index (χ1) is 8.49. The molecule has 4 heteroatoms. The molecule has 2 aromatic heterocycles. The predicted molar refractivity (Wildman–Crippen MR) is 82.5 cm³/mol. The summed E-state index contributed by atoms with van der Waals surface area (Å²) < 4.78 is 1.05. The van der Waals surface area contributed by atoms with Crippen molar-refractivity contribution < 1.29 is 0 Å². The molecule has 18 heavy (non-hydrogen) atoms. The van der Waals surface area contributed by atoms with Gasteiger partial charge in [-0.15, -0.1) is 11.3 Å². The number of nitrogens with one attached hydrogen (secondary N) is 1. The zero-order chi connectivity index (χ0) is 13.2. The van der Waals surface area contributed by atoms with Crippen molar-refractivity contribution in [3.05, 3.63) is 44.7 Å². The number of rotatable bonds is 4. The van der Waals surface area contributed by atoms with Crippen molar-refractivity contribution in [1.29, 1.82) is 0 Å². The van der Waals surface area contributed by atoms with Crippen LogP contribution < -0.4 is 5.32 Å². The van der Waals surface area contributed by atoms with E-state index in [4.69, 9.17) is 0 Å². The molecule has 0 bridgehead atoms. The van der Waals surface area contributed by atoms with Crippen LogP contribution in [0.25, 0.3) is 0 Å². The third-order valence-corrected chi connectivity index (χ3v) is 5.01. The quantitative estimate of drug-likeness (QED) is 0.888. The highest BCUT2D eigenvalue weighted by atomic mass is 79.9. The Hall–Kier alpha value is -0.870. The summed E-state index contributed by atoms with van der Waals surface area (Å²) in [7, 11) is 0. The smallest absolute Gasteiger partial charge is 0.126 e. The highest BCUT2D eigenvalue weighted by molar-refractivity contribution is 9.10. The number of hydrogen-bond acceptors (Lipinski definition) is 3. The highest BCUT2D eigenvalue weighted by Crippen LogP contribution is 2.28. The van der Waals surface area contributed by atoms with Gasteiger partial charge in [0.25, 0.3) is 0 Å². The van der Waals surface area contributed by atoms with Crippen LogP contribution in [-0.4, -0.2) is 11.5 Å². The second-order valence-electron chi connectivity index (χ2n) is 5.03. The molecule has 2 nitrogen and oxygen atoms in total. The molecular weight excluding hydrogens is 308 g/mol. The lowest BCUT2D eigenvalue weighted by Gasteiger charge is -2.24. The minimum absolute atomic E-state index is 0.122. The number of aromatic nitrogens is 1. The number of nitrogens with zero attached hydrogens (tertiary/aromatic N) is 1. The molecule has 2 heterocycles. The van der Waals surface area contributed by atoms with E-state index in [2.05, 4.69) is 70.6 Å². The summed E-state index contributed by atoms with van der Waals surface area (Å²) in [5, 5.41) is 5.54. The van der Waals surface area contributed by atoms with Crippen LogP contribution in [0.1, 0.15) is 24.3 Å². The molecule has 2 aromatic rings. The standard InChI is InChI=1S/C14H17BrN2S/c1-10-7-13(16-8-11(10)15)17-9-14(2,3)12-5-4-6-18-12/h4-8H,9H2,1-3H3,(H,16,17). The fourth-order valence-corrected chi connectivity index (χ4v) is 2.77. The number of anilines is 1. The van der Waals surface area contributed by atoms with Crippen LogP contribution >= 0.6 is 27.3 Å². The van der Waals surface area contributed by atoms with Gasteiger partial charge >= 0.3 is 0 Å². The van der Waals surface area contributed by atoms with Crippen LogP contribution in [0.2, 0.25) is 0 Å². The lowest BCUT2D eigenvalue weighted by Crippen LogP contribution is -2.26. The Balaban J connectivity index is 2.05. The van der Waals surface area contributed by atoms with E-state index < -0.39 is 0 Å². The maximum atomic E-state index is 4.37. The van der Waals surface area contributed by atoms with Crippen molar-refractivity contribution in [2.75, 3.05) is 11.9 Å². The summed E-state index contributed by atoms with van der Waals surface area (Å²) in [5.41, 5.74) is 1.32. The van der Waals surface area contributed by atoms with E-state index in [0.717, 1.165) is 16.8 Å². The summed E-state index contributed by atoms with van der Waals surface area (Å²) >= 11 is 5.27. The third kappa shape index (κ3) is 3.12. The average Bonchev–Trinajstić information content (AvgIpc) is 2.85. The van der Waals surface area contributed by atoms with Gasteiger partial charge in [-0.05, 0) is 45.9 Å². The normalized spacial score (nSPS) is 11.6. The van der Waals surface area contributed by atoms with Gasteiger partial charge in [0.2, 0.25) is 0 Å². The van der Waals surface area contributed by atoms with E-state index in [1.807, 2.05) is 6.20 Å². The van der Waals surface area contributed by atoms with E-state index >= 15 is 0 Å². The van der Waals surface area contributed by atoms with Gasteiger partial charge in [-0.1, -0.05) is 19.9 Å². The number of hydrogen-bond donors (Lipinski definition) is 1. The Morgan fingerprint density at radius 2 is 2.22 bits per heavy atom. The first-order valence-corrected chi connectivity index (χ1v) is 7.56. The molecule has 0 aliphatic heterocycles. The van der Waals surface area contributed by atoms with Crippen LogP contribution in [0.5, 0.6) is 0 Å². The van der Waals surface area contributed by atoms with Crippen molar-refractivity contribution >= 4 is 33.1 Å². The number of halogens is 1. The molecule has 1 N–H and O–H groups in total. The van der Waals surface area contributed by atoms with Crippen molar-refractivity contribution in [2.45, 2.75) is 26.2 Å². The summed E-state index contributed by atoms with van der Waals surface area (Å²) in [6.07, 6.45) is 1.84. The third-order valence-electron chi connectivity index (χ3n) is 2.95. The van der Waals surface area contributed by atoms with Gasteiger partial charge in [0.05, 0.1) is 0 Å². The summed E-state index contributed by atoms with van der Waals surface area (Å²) in [6.45, 7) is 7.44. The minimum Gasteiger partial charge on any atom is -0.369 e. The van der Waals surface area contributed by atoms with Gasteiger partial charge in [-0.2, -0.15) is 0 Å². The van der Waals surface area contributed by atoms with Crippen LogP contribution in [-0.2, 0) is 5.41 Å². The number of pyridine rings is 1. The molecule has 0 fully saturated rings. The lowest BCUT2D eigenvalue weighted by molar-refractivity contribution is 0.568. The fraction of sp³-hybridized carbons (Fsp3) is 0.357. The summed E-state index contributed by atoms with van der Waals surface area (Å²) in [4.78, 5) is 5.76. The second-order valence-corrected chi connectivity index (χ2v) is 6.84. The monoisotopic (exact) mass is 324 g/mol. The molecule has 0 unspecified atom stereocenters. The molecule has 0 aromatic carbocycles. The molecule has 0 saturated heterocycles. The average molecular weight is 325 g/mol. The van der Waals surface area contributed by atoms with Gasteiger partial charge in [-0.3, -0.25) is 0 Å². The second kappa shape index (κ2) is 5.41. The first-order valence-electron chi connectivity index (χ1n) is 5.89. The van der Waals surface area contributed by atoms with Gasteiger partial charge < -0.3 is 5.32 Å². The molecule has 0 atom stereocenters. The van der Waals surface area contributed by atoms with Crippen molar-refractivity contribution in [3.8, 4) is 0 Å². The first kappa shape index (κ1) is 13.6. The largest absolute Gasteiger partial charge is 0.369 e. The lowest BCUT2D eigenvalue weighted by atomic mass is 9.91. The number of thiophene rings is 1. The van der Waals surface area contributed by atoms with Crippen molar-refractivity contribution in [3.63, 3.8) is 0 Å². The highest BCUT2D eigenvalue weighted by Gasteiger charge is 2.21. The maximum Gasteiger partial charge on any atom is 0.126 e. The van der Waals surface area contributed by atoms with E-state index in [0.29, 0.717) is 0 Å². The molecule has 0 aliphatic rings. The Morgan fingerprint density at radius 3 is 2.83 bits per heavy atom. The summed E-state index contributed by atoms with van der Waals surface area (Å²) in [6, 6.07) is 6.35. The Labute approximate surface area is 121 Å². The van der Waals surface area contributed by atoms with Crippen LogP contribution in [0.3, 0.4) is 0 Å². The van der Waals surface area contributed by atoms with Crippen molar-refractivity contribution in [2.24, 2.45) is 0 Å². The zero-order valence-electron chi connectivity index (χ0n) is 10.8. The van der Waals surface area contributed by atoms with Gasteiger partial charge in [0.1, 0.15) is 5.82 Å². The van der Waals surface area contributed by atoms with Crippen molar-refractivity contribution in [1.82, 2.24) is 4.98 Å². The Morgan fingerprint density at radius 1 is 1.44 bits per heavy atom. The Kier molecular flexibility index (Phi) is 4.07. The molecule has 2 rings (SSSR count). The number of aryl methyl sites for hydroxylation is 1. The molecular formula is C14H17BrN2S. The molecule has 0 spiro atoms. The molecule has 0 radical (unpaired) electrons. The molecule has 0 saturated carbocycles. The predicted octanol–water partition coefficient (Wildman–Crippen LogP) is 4.60. The Bertz CT molecular complexity index is 521. The maximum absolute atomic E-state index is 4.37. The van der Waals surface area contributed by atoms with Crippen LogP contribution in [0, 0.1) is 6.92 Å².